The largest absolute Gasteiger partial charge is 0.492 e. The molecule has 3 rings (SSSR count). The summed E-state index contributed by atoms with van der Waals surface area (Å²) in [4.78, 5) is 22.3. The van der Waals surface area contributed by atoms with Crippen LogP contribution in [0.25, 0.3) is 0 Å². The number of carboxylic acid groups (broad SMARTS) is 1. The van der Waals surface area contributed by atoms with Crippen LogP contribution < -0.4 is 15.0 Å². The molecule has 0 bridgehead atoms. The standard InChI is InChI=1S/C20H26N4O3/c1-24(15-8-4-2-5-9-15)20-22-14-17(19(25)26)18(23-20)21-12-13-27-16-10-6-3-7-11-16/h3,6-7,10-11,14-15H,2,4-5,8-9,12-13H2,1H3,(H,25,26)(H,21,22,23). The predicted octanol–water partition coefficient (Wildman–Crippen LogP) is 3.43. The molecule has 0 amide bonds. The zero-order valence-electron chi connectivity index (χ0n) is 15.6. The second-order valence-electron chi connectivity index (χ2n) is 6.73. The number of carbonyl (C=O) groups is 1. The van der Waals surface area contributed by atoms with E-state index in [0.717, 1.165) is 18.6 Å². The second kappa shape index (κ2) is 9.21. The van der Waals surface area contributed by atoms with E-state index in [1.165, 1.54) is 25.5 Å². The van der Waals surface area contributed by atoms with Crippen molar-refractivity contribution >= 4 is 17.7 Å². The van der Waals surface area contributed by atoms with Crippen molar-refractivity contribution in [3.05, 3.63) is 42.1 Å². The lowest BCUT2D eigenvalue weighted by Crippen LogP contribution is -2.34. The molecule has 1 heterocycles. The van der Waals surface area contributed by atoms with Gasteiger partial charge < -0.3 is 20.1 Å². The van der Waals surface area contributed by atoms with Crippen molar-refractivity contribution in [2.75, 3.05) is 30.4 Å². The van der Waals surface area contributed by atoms with Gasteiger partial charge in [0.2, 0.25) is 5.95 Å². The van der Waals surface area contributed by atoms with E-state index in [0.29, 0.717) is 31.0 Å². The van der Waals surface area contributed by atoms with E-state index in [1.807, 2.05) is 37.4 Å². The van der Waals surface area contributed by atoms with E-state index in [-0.39, 0.29) is 5.56 Å². The minimum absolute atomic E-state index is 0.0653. The zero-order valence-corrected chi connectivity index (χ0v) is 15.6. The van der Waals surface area contributed by atoms with Crippen molar-refractivity contribution in [3.8, 4) is 5.75 Å². The molecule has 27 heavy (non-hydrogen) atoms. The summed E-state index contributed by atoms with van der Waals surface area (Å²) in [7, 11) is 1.98. The van der Waals surface area contributed by atoms with Crippen LogP contribution >= 0.6 is 0 Å². The molecule has 144 valence electrons. The molecule has 2 N–H and O–H groups in total. The van der Waals surface area contributed by atoms with Crippen LogP contribution in [-0.2, 0) is 0 Å². The lowest BCUT2D eigenvalue weighted by atomic mass is 9.95. The molecular formula is C20H26N4O3. The molecule has 0 atom stereocenters. The molecule has 0 spiro atoms. The smallest absolute Gasteiger partial charge is 0.341 e. The van der Waals surface area contributed by atoms with Gasteiger partial charge in [-0.1, -0.05) is 37.5 Å². The van der Waals surface area contributed by atoms with E-state index in [2.05, 4.69) is 20.2 Å². The zero-order chi connectivity index (χ0) is 19.1. The number of para-hydroxylation sites is 1. The van der Waals surface area contributed by atoms with Crippen LogP contribution in [0.1, 0.15) is 42.5 Å². The molecule has 1 saturated carbocycles. The van der Waals surface area contributed by atoms with Gasteiger partial charge in [-0.05, 0) is 25.0 Å². The van der Waals surface area contributed by atoms with Crippen molar-refractivity contribution in [3.63, 3.8) is 0 Å². The van der Waals surface area contributed by atoms with Crippen LogP contribution in [-0.4, -0.2) is 47.3 Å². The first kappa shape index (κ1) is 18.9. The number of anilines is 2. The summed E-state index contributed by atoms with van der Waals surface area (Å²) < 4.78 is 5.64. The van der Waals surface area contributed by atoms with Gasteiger partial charge in [0.15, 0.2) is 0 Å². The molecule has 0 unspecified atom stereocenters. The summed E-state index contributed by atoms with van der Waals surface area (Å²) in [6.07, 6.45) is 7.32. The van der Waals surface area contributed by atoms with E-state index >= 15 is 0 Å². The monoisotopic (exact) mass is 370 g/mol. The molecule has 1 fully saturated rings. The lowest BCUT2D eigenvalue weighted by molar-refractivity contribution is 0.0697. The van der Waals surface area contributed by atoms with Crippen LogP contribution in [0.3, 0.4) is 0 Å². The van der Waals surface area contributed by atoms with Crippen LogP contribution in [0.2, 0.25) is 0 Å². The second-order valence-corrected chi connectivity index (χ2v) is 6.73. The van der Waals surface area contributed by atoms with Gasteiger partial charge in [0.25, 0.3) is 0 Å². The molecule has 0 saturated heterocycles. The molecule has 1 aliphatic rings. The topological polar surface area (TPSA) is 87.6 Å². The Morgan fingerprint density at radius 1 is 1.26 bits per heavy atom. The third-order valence-corrected chi connectivity index (χ3v) is 4.85. The van der Waals surface area contributed by atoms with Gasteiger partial charge in [-0.2, -0.15) is 4.98 Å². The highest BCUT2D eigenvalue weighted by Gasteiger charge is 2.22. The van der Waals surface area contributed by atoms with Crippen LogP contribution in [0, 0.1) is 0 Å². The Balaban J connectivity index is 1.65. The molecule has 1 aromatic carbocycles. The van der Waals surface area contributed by atoms with Gasteiger partial charge in [0.1, 0.15) is 23.7 Å². The SMILES string of the molecule is CN(c1ncc(C(=O)O)c(NCCOc2ccccc2)n1)C1CCCCC1. The Morgan fingerprint density at radius 2 is 2.00 bits per heavy atom. The summed E-state index contributed by atoms with van der Waals surface area (Å²) in [5.41, 5.74) is 0.0653. The first-order valence-corrected chi connectivity index (χ1v) is 9.40. The van der Waals surface area contributed by atoms with Crippen molar-refractivity contribution < 1.29 is 14.6 Å². The predicted molar refractivity (Wildman–Crippen MR) is 105 cm³/mol. The number of carboxylic acids is 1. The molecule has 0 aliphatic heterocycles. The van der Waals surface area contributed by atoms with Crippen molar-refractivity contribution in [2.45, 2.75) is 38.1 Å². The Bertz CT molecular complexity index is 748. The van der Waals surface area contributed by atoms with Gasteiger partial charge in [0.05, 0.1) is 6.54 Å². The van der Waals surface area contributed by atoms with E-state index in [1.54, 1.807) is 0 Å². The highest BCUT2D eigenvalue weighted by Crippen LogP contribution is 2.25. The fraction of sp³-hybridized carbons (Fsp3) is 0.450. The van der Waals surface area contributed by atoms with Crippen LogP contribution in [0.15, 0.2) is 36.5 Å². The highest BCUT2D eigenvalue weighted by atomic mass is 16.5. The molecule has 7 nitrogen and oxygen atoms in total. The van der Waals surface area contributed by atoms with Crippen LogP contribution in [0.4, 0.5) is 11.8 Å². The number of ether oxygens (including phenoxy) is 1. The van der Waals surface area contributed by atoms with Gasteiger partial charge in [0, 0.05) is 19.3 Å². The average Bonchev–Trinajstić information content (AvgIpc) is 2.72. The van der Waals surface area contributed by atoms with Gasteiger partial charge >= 0.3 is 5.97 Å². The number of rotatable bonds is 8. The number of hydrogen-bond acceptors (Lipinski definition) is 6. The molecule has 1 aliphatic carbocycles. The average molecular weight is 370 g/mol. The molecule has 7 heteroatoms. The Labute approximate surface area is 159 Å². The molecule has 2 aromatic rings. The fourth-order valence-electron chi connectivity index (χ4n) is 3.32. The first-order valence-electron chi connectivity index (χ1n) is 9.40. The number of nitrogens with zero attached hydrogens (tertiary/aromatic N) is 3. The summed E-state index contributed by atoms with van der Waals surface area (Å²) in [5, 5.41) is 12.5. The quantitative estimate of drug-likeness (QED) is 0.688. The maximum absolute atomic E-state index is 11.5. The summed E-state index contributed by atoms with van der Waals surface area (Å²) in [5.74, 6) is 0.608. The number of aromatic nitrogens is 2. The third kappa shape index (κ3) is 5.09. The van der Waals surface area contributed by atoms with E-state index in [4.69, 9.17) is 4.74 Å². The number of hydrogen-bond donors (Lipinski definition) is 2. The van der Waals surface area contributed by atoms with Crippen molar-refractivity contribution in [1.29, 1.82) is 0 Å². The highest BCUT2D eigenvalue weighted by molar-refractivity contribution is 5.92. The molecule has 0 radical (unpaired) electrons. The normalized spacial score (nSPS) is 14.6. The summed E-state index contributed by atoms with van der Waals surface area (Å²) in [6, 6.07) is 9.90. The van der Waals surface area contributed by atoms with Gasteiger partial charge in [-0.25, -0.2) is 9.78 Å². The van der Waals surface area contributed by atoms with Crippen molar-refractivity contribution in [1.82, 2.24) is 9.97 Å². The summed E-state index contributed by atoms with van der Waals surface area (Å²) in [6.45, 7) is 0.847. The number of benzene rings is 1. The first-order chi connectivity index (χ1) is 13.1. The fourth-order valence-corrected chi connectivity index (χ4v) is 3.32. The third-order valence-electron chi connectivity index (χ3n) is 4.85. The van der Waals surface area contributed by atoms with E-state index < -0.39 is 5.97 Å². The summed E-state index contributed by atoms with van der Waals surface area (Å²) >= 11 is 0. The molecular weight excluding hydrogens is 344 g/mol. The minimum Gasteiger partial charge on any atom is -0.492 e. The minimum atomic E-state index is -1.05. The van der Waals surface area contributed by atoms with Gasteiger partial charge in [-0.3, -0.25) is 0 Å². The number of aromatic carboxylic acids is 1. The Kier molecular flexibility index (Phi) is 6.46. The van der Waals surface area contributed by atoms with Crippen LogP contribution in [0.5, 0.6) is 5.75 Å². The number of nitrogens with one attached hydrogen (secondary N) is 1. The Hall–Kier alpha value is -2.83. The molecule has 1 aromatic heterocycles. The van der Waals surface area contributed by atoms with Crippen molar-refractivity contribution in [2.24, 2.45) is 0 Å². The maximum atomic E-state index is 11.5. The maximum Gasteiger partial charge on any atom is 0.341 e. The Morgan fingerprint density at radius 3 is 2.70 bits per heavy atom. The van der Waals surface area contributed by atoms with Gasteiger partial charge in [-0.15, -0.1) is 0 Å². The van der Waals surface area contributed by atoms with E-state index in [9.17, 15) is 9.90 Å². The lowest BCUT2D eigenvalue weighted by Gasteiger charge is -2.31.